The van der Waals surface area contributed by atoms with Gasteiger partial charge in [-0.3, -0.25) is 10.1 Å². The number of anilines is 2. The van der Waals surface area contributed by atoms with Gasteiger partial charge in [0.25, 0.3) is 0 Å². The first-order chi connectivity index (χ1) is 11.0. The minimum absolute atomic E-state index is 0.128. The number of carbonyl (C=O) groups is 2. The largest absolute Gasteiger partial charge is 0.398 e. The lowest BCUT2D eigenvalue weighted by atomic mass is 10.00. The van der Waals surface area contributed by atoms with E-state index in [0.29, 0.717) is 6.61 Å². The molecule has 0 bridgehead atoms. The molecule has 0 fully saturated rings. The molecule has 0 saturated carbocycles. The molecule has 1 aliphatic heterocycles. The lowest BCUT2D eigenvalue weighted by Crippen LogP contribution is -2.48. The van der Waals surface area contributed by atoms with Crippen LogP contribution in [0.1, 0.15) is 18.9 Å². The molecule has 1 unspecified atom stereocenters. The maximum atomic E-state index is 12.1. The predicted octanol–water partition coefficient (Wildman–Crippen LogP) is 0.882. The van der Waals surface area contributed by atoms with Crippen molar-refractivity contribution in [1.82, 2.24) is 10.6 Å². The Kier molecular flexibility index (Phi) is 5.81. The van der Waals surface area contributed by atoms with Gasteiger partial charge in [-0.2, -0.15) is 0 Å². The highest BCUT2D eigenvalue weighted by Gasteiger charge is 2.21. The molecule has 1 aliphatic rings. The zero-order valence-electron chi connectivity index (χ0n) is 13.6. The molecule has 1 heterocycles. The molecule has 126 valence electrons. The molecule has 7 heteroatoms. The summed E-state index contributed by atoms with van der Waals surface area (Å²) in [7, 11) is 1.56. The molecule has 7 nitrogen and oxygen atoms in total. The Balaban J connectivity index is 1.92. The molecule has 1 aromatic carbocycles. The number of urea groups is 1. The summed E-state index contributed by atoms with van der Waals surface area (Å²) in [6.07, 6.45) is 1.85. The van der Waals surface area contributed by atoms with Gasteiger partial charge in [-0.1, -0.05) is 6.07 Å². The Bertz CT molecular complexity index is 576. The zero-order chi connectivity index (χ0) is 16.8. The van der Waals surface area contributed by atoms with E-state index in [4.69, 9.17) is 10.5 Å². The number of ether oxygens (including phenoxy) is 1. The molecule has 0 aromatic heterocycles. The van der Waals surface area contributed by atoms with Gasteiger partial charge in [0, 0.05) is 25.0 Å². The molecule has 3 amide bonds. The quantitative estimate of drug-likeness (QED) is 0.700. The van der Waals surface area contributed by atoms with Crippen molar-refractivity contribution in [3.8, 4) is 0 Å². The summed E-state index contributed by atoms with van der Waals surface area (Å²) in [5.74, 6) is -0.345. The van der Waals surface area contributed by atoms with E-state index in [1.807, 2.05) is 23.1 Å². The third-order valence-corrected chi connectivity index (χ3v) is 3.76. The van der Waals surface area contributed by atoms with E-state index in [0.717, 1.165) is 36.3 Å². The van der Waals surface area contributed by atoms with Crippen LogP contribution in [-0.2, 0) is 16.0 Å². The fraction of sp³-hybridized carbons (Fsp3) is 0.500. The molecular weight excluding hydrogens is 296 g/mol. The number of imide groups is 1. The van der Waals surface area contributed by atoms with Crippen LogP contribution in [0.25, 0.3) is 0 Å². The summed E-state index contributed by atoms with van der Waals surface area (Å²) >= 11 is 0. The van der Waals surface area contributed by atoms with Crippen LogP contribution in [0, 0.1) is 0 Å². The number of nitrogens with zero attached hydrogens (tertiary/aromatic N) is 1. The van der Waals surface area contributed by atoms with Crippen LogP contribution in [0.15, 0.2) is 18.2 Å². The maximum Gasteiger partial charge on any atom is 0.321 e. The van der Waals surface area contributed by atoms with E-state index < -0.39 is 6.03 Å². The Morgan fingerprint density at radius 2 is 2.22 bits per heavy atom. The average molecular weight is 320 g/mol. The zero-order valence-corrected chi connectivity index (χ0v) is 13.6. The van der Waals surface area contributed by atoms with Crippen LogP contribution >= 0.6 is 0 Å². The van der Waals surface area contributed by atoms with Crippen molar-refractivity contribution in [3.63, 3.8) is 0 Å². The monoisotopic (exact) mass is 320 g/mol. The number of carbonyl (C=O) groups excluding carboxylic acids is 2. The summed E-state index contributed by atoms with van der Waals surface area (Å²) in [5.41, 5.74) is 8.79. The van der Waals surface area contributed by atoms with Gasteiger partial charge in [-0.25, -0.2) is 4.79 Å². The molecule has 2 rings (SSSR count). The van der Waals surface area contributed by atoms with Crippen molar-refractivity contribution in [2.45, 2.75) is 25.8 Å². The third-order valence-electron chi connectivity index (χ3n) is 3.76. The Morgan fingerprint density at radius 1 is 1.43 bits per heavy atom. The van der Waals surface area contributed by atoms with E-state index in [1.54, 1.807) is 14.0 Å². The second kappa shape index (κ2) is 7.82. The topological polar surface area (TPSA) is 96.7 Å². The molecule has 4 N–H and O–H groups in total. The summed E-state index contributed by atoms with van der Waals surface area (Å²) < 4.78 is 4.93. The van der Waals surface area contributed by atoms with Gasteiger partial charge >= 0.3 is 6.03 Å². The third kappa shape index (κ3) is 4.59. The highest BCUT2D eigenvalue weighted by atomic mass is 16.5. The maximum absolute atomic E-state index is 12.1. The second-order valence-electron chi connectivity index (χ2n) is 5.75. The van der Waals surface area contributed by atoms with Crippen LogP contribution in [0.5, 0.6) is 0 Å². The second-order valence-corrected chi connectivity index (χ2v) is 5.75. The fourth-order valence-corrected chi connectivity index (χ4v) is 2.78. The highest BCUT2D eigenvalue weighted by molar-refractivity contribution is 5.96. The van der Waals surface area contributed by atoms with Crippen molar-refractivity contribution in [3.05, 3.63) is 23.8 Å². The van der Waals surface area contributed by atoms with Gasteiger partial charge in [0.15, 0.2) is 0 Å². The molecular formula is C16H24N4O3. The van der Waals surface area contributed by atoms with Gasteiger partial charge in [0.05, 0.1) is 19.2 Å². The van der Waals surface area contributed by atoms with E-state index >= 15 is 0 Å². The number of benzene rings is 1. The predicted molar refractivity (Wildman–Crippen MR) is 89.4 cm³/mol. The number of nitrogen functional groups attached to an aromatic ring is 1. The van der Waals surface area contributed by atoms with Crippen molar-refractivity contribution in [2.24, 2.45) is 0 Å². The smallest absolute Gasteiger partial charge is 0.321 e. The van der Waals surface area contributed by atoms with Gasteiger partial charge in [0.1, 0.15) is 0 Å². The lowest BCUT2D eigenvalue weighted by Gasteiger charge is -2.31. The first-order valence-electron chi connectivity index (χ1n) is 7.73. The van der Waals surface area contributed by atoms with E-state index in [-0.39, 0.29) is 18.5 Å². The van der Waals surface area contributed by atoms with Gasteiger partial charge in [-0.15, -0.1) is 0 Å². The van der Waals surface area contributed by atoms with Crippen LogP contribution in [0.4, 0.5) is 16.2 Å². The summed E-state index contributed by atoms with van der Waals surface area (Å²) in [6, 6.07) is 5.03. The molecule has 1 atom stereocenters. The van der Waals surface area contributed by atoms with E-state index in [1.165, 1.54) is 0 Å². The molecule has 0 saturated heterocycles. The Labute approximate surface area is 136 Å². The fourth-order valence-electron chi connectivity index (χ4n) is 2.78. The number of hydrogen-bond donors (Lipinski definition) is 3. The minimum atomic E-state index is -0.510. The first kappa shape index (κ1) is 17.1. The summed E-state index contributed by atoms with van der Waals surface area (Å²) in [6.45, 7) is 3.09. The SMILES string of the molecule is COCC(C)NC(=O)NC(=O)CN1CCCc2c(N)cccc21. The molecule has 23 heavy (non-hydrogen) atoms. The van der Waals surface area contributed by atoms with E-state index in [2.05, 4.69) is 10.6 Å². The number of amides is 3. The molecule has 1 aromatic rings. The van der Waals surface area contributed by atoms with Gasteiger partial charge < -0.3 is 20.7 Å². The average Bonchev–Trinajstić information content (AvgIpc) is 2.48. The minimum Gasteiger partial charge on any atom is -0.398 e. The molecule has 0 spiro atoms. The van der Waals surface area contributed by atoms with Crippen LogP contribution in [0.3, 0.4) is 0 Å². The van der Waals surface area contributed by atoms with Crippen LogP contribution < -0.4 is 21.3 Å². The standard InChI is InChI=1S/C16H24N4O3/c1-11(10-23-2)18-16(22)19-15(21)9-20-8-4-5-12-13(17)6-3-7-14(12)20/h3,6-7,11H,4-5,8-10,17H2,1-2H3,(H2,18,19,21,22). The van der Waals surface area contributed by atoms with Crippen molar-refractivity contribution in [2.75, 3.05) is 37.4 Å². The van der Waals surface area contributed by atoms with Gasteiger partial charge in [-0.05, 0) is 37.5 Å². The number of nitrogens with two attached hydrogens (primary N) is 1. The first-order valence-corrected chi connectivity index (χ1v) is 7.73. The van der Waals surface area contributed by atoms with E-state index in [9.17, 15) is 9.59 Å². The Hall–Kier alpha value is -2.28. The van der Waals surface area contributed by atoms with Crippen LogP contribution in [0.2, 0.25) is 0 Å². The van der Waals surface area contributed by atoms with Crippen LogP contribution in [-0.4, -0.2) is 44.8 Å². The number of nitrogens with one attached hydrogen (secondary N) is 2. The number of rotatable bonds is 5. The Morgan fingerprint density at radius 3 is 2.96 bits per heavy atom. The molecule has 0 aliphatic carbocycles. The number of fused-ring (bicyclic) bond motifs is 1. The summed E-state index contributed by atoms with van der Waals surface area (Å²) in [4.78, 5) is 25.8. The number of hydrogen-bond acceptors (Lipinski definition) is 5. The summed E-state index contributed by atoms with van der Waals surface area (Å²) in [5, 5.41) is 4.99. The normalized spacial score (nSPS) is 14.8. The lowest BCUT2D eigenvalue weighted by molar-refractivity contribution is -0.118. The van der Waals surface area contributed by atoms with Crippen molar-refractivity contribution in [1.29, 1.82) is 0 Å². The van der Waals surface area contributed by atoms with Crippen molar-refractivity contribution >= 4 is 23.3 Å². The number of methoxy groups -OCH3 is 1. The highest BCUT2D eigenvalue weighted by Crippen LogP contribution is 2.30. The van der Waals surface area contributed by atoms with Gasteiger partial charge in [0.2, 0.25) is 5.91 Å². The molecule has 0 radical (unpaired) electrons. The van der Waals surface area contributed by atoms with Crippen molar-refractivity contribution < 1.29 is 14.3 Å².